The van der Waals surface area contributed by atoms with Crippen LogP contribution in [0.15, 0.2) is 17.6 Å². The Balaban J connectivity index is 1.83. The number of thiophene rings is 1. The first-order chi connectivity index (χ1) is 7.86. The summed E-state index contributed by atoms with van der Waals surface area (Å²) in [7, 11) is 0. The lowest BCUT2D eigenvalue weighted by atomic mass is 10.1. The van der Waals surface area contributed by atoms with Gasteiger partial charge in [-0.3, -0.25) is 0 Å². The van der Waals surface area contributed by atoms with Crippen molar-refractivity contribution in [3.8, 4) is 0 Å². The zero-order chi connectivity index (χ0) is 11.0. The van der Waals surface area contributed by atoms with Crippen molar-refractivity contribution in [2.24, 2.45) is 5.73 Å². The lowest BCUT2D eigenvalue weighted by molar-refractivity contribution is 0.740. The highest BCUT2D eigenvalue weighted by Crippen LogP contribution is 2.30. The minimum absolute atomic E-state index is 0.592. The second-order valence-corrected chi connectivity index (χ2v) is 5.95. The molecule has 0 aliphatic carbocycles. The second kappa shape index (κ2) is 4.16. The fraction of sp³-hybridized carbons (Fsp3) is 0.364. The number of anilines is 1. The number of hydrogen-bond acceptors (Lipinski definition) is 5. The molecule has 0 bridgehead atoms. The van der Waals surface area contributed by atoms with Crippen molar-refractivity contribution in [2.45, 2.75) is 19.5 Å². The van der Waals surface area contributed by atoms with Crippen molar-refractivity contribution in [3.63, 3.8) is 0 Å². The topological polar surface area (TPSA) is 42.1 Å². The van der Waals surface area contributed by atoms with Crippen molar-refractivity contribution in [1.82, 2.24) is 4.98 Å². The average molecular weight is 251 g/mol. The monoisotopic (exact) mass is 251 g/mol. The van der Waals surface area contributed by atoms with Crippen LogP contribution in [-0.2, 0) is 19.5 Å². The van der Waals surface area contributed by atoms with Gasteiger partial charge in [0.25, 0.3) is 0 Å². The summed E-state index contributed by atoms with van der Waals surface area (Å²) < 4.78 is 0. The van der Waals surface area contributed by atoms with E-state index in [1.165, 1.54) is 10.4 Å². The molecule has 84 valence electrons. The van der Waals surface area contributed by atoms with E-state index in [0.717, 1.165) is 29.5 Å². The average Bonchev–Trinajstić information content (AvgIpc) is 2.96. The molecule has 0 spiro atoms. The van der Waals surface area contributed by atoms with E-state index in [1.807, 2.05) is 17.5 Å². The first-order valence-electron chi connectivity index (χ1n) is 5.32. The Kier molecular flexibility index (Phi) is 2.67. The standard InChI is InChI=1S/C11H13N3S2/c12-5-9-6-13-11(16-9)14-3-1-10-8(7-14)2-4-15-10/h2,4,6H,1,3,5,7,12H2. The van der Waals surface area contributed by atoms with Gasteiger partial charge in [0.1, 0.15) is 0 Å². The first kappa shape index (κ1) is 10.3. The highest BCUT2D eigenvalue weighted by molar-refractivity contribution is 7.15. The summed E-state index contributed by atoms with van der Waals surface area (Å²) in [6.45, 7) is 2.66. The summed E-state index contributed by atoms with van der Waals surface area (Å²) in [5, 5.41) is 3.29. The van der Waals surface area contributed by atoms with E-state index in [4.69, 9.17) is 5.73 Å². The van der Waals surface area contributed by atoms with E-state index in [2.05, 4.69) is 21.3 Å². The smallest absolute Gasteiger partial charge is 0.185 e. The molecule has 0 saturated heterocycles. The molecule has 2 aromatic heterocycles. The van der Waals surface area contributed by atoms with Crippen LogP contribution in [0.25, 0.3) is 0 Å². The Morgan fingerprint density at radius 2 is 2.44 bits per heavy atom. The Morgan fingerprint density at radius 3 is 3.25 bits per heavy atom. The molecule has 0 unspecified atom stereocenters. The first-order valence-corrected chi connectivity index (χ1v) is 7.01. The van der Waals surface area contributed by atoms with Gasteiger partial charge >= 0.3 is 0 Å². The molecule has 1 aliphatic rings. The Labute approximate surface area is 103 Å². The number of hydrogen-bond donors (Lipinski definition) is 1. The molecule has 3 rings (SSSR count). The summed E-state index contributed by atoms with van der Waals surface area (Å²) in [5.74, 6) is 0. The van der Waals surface area contributed by atoms with E-state index >= 15 is 0 Å². The predicted octanol–water partition coefficient (Wildman–Crippen LogP) is 2.23. The third kappa shape index (κ3) is 1.75. The van der Waals surface area contributed by atoms with Crippen molar-refractivity contribution in [2.75, 3.05) is 11.4 Å². The van der Waals surface area contributed by atoms with Gasteiger partial charge in [-0.1, -0.05) is 0 Å². The van der Waals surface area contributed by atoms with E-state index in [1.54, 1.807) is 11.3 Å². The highest BCUT2D eigenvalue weighted by atomic mass is 32.1. The van der Waals surface area contributed by atoms with Crippen LogP contribution in [0.5, 0.6) is 0 Å². The molecule has 0 fully saturated rings. The number of rotatable bonds is 2. The maximum absolute atomic E-state index is 5.61. The molecular formula is C11H13N3S2. The Bertz CT molecular complexity index is 489. The van der Waals surface area contributed by atoms with E-state index in [9.17, 15) is 0 Å². The van der Waals surface area contributed by atoms with Crippen molar-refractivity contribution in [1.29, 1.82) is 0 Å². The van der Waals surface area contributed by atoms with Crippen molar-refractivity contribution in [3.05, 3.63) is 33.0 Å². The quantitative estimate of drug-likeness (QED) is 0.890. The van der Waals surface area contributed by atoms with Gasteiger partial charge in [-0.2, -0.15) is 0 Å². The maximum atomic E-state index is 5.61. The van der Waals surface area contributed by atoms with Crippen LogP contribution in [0.4, 0.5) is 5.13 Å². The summed E-state index contributed by atoms with van der Waals surface area (Å²) >= 11 is 3.58. The van der Waals surface area contributed by atoms with Gasteiger partial charge in [0.2, 0.25) is 0 Å². The summed E-state index contributed by atoms with van der Waals surface area (Å²) in [5.41, 5.74) is 7.07. The van der Waals surface area contributed by atoms with E-state index in [-0.39, 0.29) is 0 Å². The van der Waals surface area contributed by atoms with Crippen LogP contribution < -0.4 is 10.6 Å². The summed E-state index contributed by atoms with van der Waals surface area (Å²) in [4.78, 5) is 9.47. The molecule has 0 amide bonds. The molecule has 2 N–H and O–H groups in total. The van der Waals surface area contributed by atoms with Gasteiger partial charge in [-0.05, 0) is 23.4 Å². The van der Waals surface area contributed by atoms with Crippen molar-refractivity contribution < 1.29 is 0 Å². The van der Waals surface area contributed by atoms with Gasteiger partial charge < -0.3 is 10.6 Å². The van der Waals surface area contributed by atoms with Gasteiger partial charge in [-0.15, -0.1) is 22.7 Å². The number of thiazole rings is 1. The lowest BCUT2D eigenvalue weighted by Crippen LogP contribution is -2.29. The molecule has 16 heavy (non-hydrogen) atoms. The minimum Gasteiger partial charge on any atom is -0.343 e. The van der Waals surface area contributed by atoms with Crippen LogP contribution in [0, 0.1) is 0 Å². The minimum atomic E-state index is 0.592. The normalized spacial score (nSPS) is 15.2. The van der Waals surface area contributed by atoms with Gasteiger partial charge in [0.05, 0.1) is 0 Å². The zero-order valence-corrected chi connectivity index (χ0v) is 10.5. The molecule has 1 aliphatic heterocycles. The number of aromatic nitrogens is 1. The van der Waals surface area contributed by atoms with Crippen LogP contribution in [0.1, 0.15) is 15.3 Å². The fourth-order valence-corrected chi connectivity index (χ4v) is 3.65. The van der Waals surface area contributed by atoms with Gasteiger partial charge in [-0.25, -0.2) is 4.98 Å². The molecular weight excluding hydrogens is 238 g/mol. The van der Waals surface area contributed by atoms with Gasteiger partial charge in [0.15, 0.2) is 5.13 Å². The molecule has 3 heterocycles. The molecule has 0 aromatic carbocycles. The van der Waals surface area contributed by atoms with Crippen molar-refractivity contribution >= 4 is 27.8 Å². The predicted molar refractivity (Wildman–Crippen MR) is 69.1 cm³/mol. The molecule has 0 radical (unpaired) electrons. The third-order valence-electron chi connectivity index (χ3n) is 2.82. The maximum Gasteiger partial charge on any atom is 0.185 e. The molecule has 5 heteroatoms. The largest absolute Gasteiger partial charge is 0.343 e. The van der Waals surface area contributed by atoms with Crippen LogP contribution in [0.3, 0.4) is 0 Å². The number of fused-ring (bicyclic) bond motifs is 1. The lowest BCUT2D eigenvalue weighted by Gasteiger charge is -2.26. The van der Waals surface area contributed by atoms with E-state index in [0.29, 0.717) is 6.54 Å². The van der Waals surface area contributed by atoms with Gasteiger partial charge in [0, 0.05) is 35.6 Å². The zero-order valence-electron chi connectivity index (χ0n) is 8.85. The number of nitrogens with two attached hydrogens (primary N) is 1. The highest BCUT2D eigenvalue weighted by Gasteiger charge is 2.19. The Hall–Kier alpha value is -0.910. The second-order valence-electron chi connectivity index (χ2n) is 3.85. The SMILES string of the molecule is NCc1cnc(N2CCc3sccc3C2)s1. The van der Waals surface area contributed by atoms with Crippen LogP contribution in [-0.4, -0.2) is 11.5 Å². The summed E-state index contributed by atoms with van der Waals surface area (Å²) in [6.07, 6.45) is 3.04. The fourth-order valence-electron chi connectivity index (χ4n) is 1.95. The molecule has 3 nitrogen and oxygen atoms in total. The van der Waals surface area contributed by atoms with E-state index < -0.39 is 0 Å². The summed E-state index contributed by atoms with van der Waals surface area (Å²) in [6, 6.07) is 2.23. The third-order valence-corrected chi connectivity index (χ3v) is 4.92. The molecule has 2 aromatic rings. The van der Waals surface area contributed by atoms with Crippen LogP contribution >= 0.6 is 22.7 Å². The number of nitrogens with zero attached hydrogens (tertiary/aromatic N) is 2. The molecule has 0 saturated carbocycles. The molecule has 0 atom stereocenters. The van der Waals surface area contributed by atoms with Crippen LogP contribution in [0.2, 0.25) is 0 Å². The Morgan fingerprint density at radius 1 is 1.50 bits per heavy atom.